The standard InChI is InChI=1S/C14H21NO3/c1-9-6-11(7-10(2)12(9)18-5)14(3,4)8-15-13(16)17/h6-7,15H,8H2,1-5H3,(H,16,17). The predicted octanol–water partition coefficient (Wildman–Crippen LogP) is 2.86. The van der Waals surface area contributed by atoms with Crippen LogP contribution in [-0.4, -0.2) is 24.9 Å². The van der Waals surface area contributed by atoms with E-state index in [2.05, 4.69) is 17.4 Å². The number of benzene rings is 1. The number of carbonyl (C=O) groups is 1. The van der Waals surface area contributed by atoms with Crippen LogP contribution in [0.15, 0.2) is 12.1 Å². The third kappa shape index (κ3) is 3.15. The van der Waals surface area contributed by atoms with Crippen molar-refractivity contribution in [2.24, 2.45) is 0 Å². The van der Waals surface area contributed by atoms with Gasteiger partial charge in [-0.3, -0.25) is 0 Å². The fraction of sp³-hybridized carbons (Fsp3) is 0.500. The number of amides is 1. The molecule has 2 N–H and O–H groups in total. The van der Waals surface area contributed by atoms with Gasteiger partial charge < -0.3 is 15.2 Å². The van der Waals surface area contributed by atoms with E-state index in [1.165, 1.54) is 0 Å². The van der Waals surface area contributed by atoms with Crippen LogP contribution in [0.25, 0.3) is 0 Å². The predicted molar refractivity (Wildman–Crippen MR) is 71.5 cm³/mol. The quantitative estimate of drug-likeness (QED) is 0.865. The Morgan fingerprint density at radius 3 is 2.22 bits per heavy atom. The molecule has 1 rings (SSSR count). The van der Waals surface area contributed by atoms with E-state index in [-0.39, 0.29) is 5.41 Å². The highest BCUT2D eigenvalue weighted by molar-refractivity contribution is 5.64. The molecule has 4 nitrogen and oxygen atoms in total. The minimum atomic E-state index is -0.995. The van der Waals surface area contributed by atoms with E-state index >= 15 is 0 Å². The Bertz CT molecular complexity index is 429. The Morgan fingerprint density at radius 1 is 1.33 bits per heavy atom. The summed E-state index contributed by atoms with van der Waals surface area (Å²) < 4.78 is 5.33. The lowest BCUT2D eigenvalue weighted by Gasteiger charge is -2.26. The first kappa shape index (κ1) is 14.4. The summed E-state index contributed by atoms with van der Waals surface area (Å²) in [6.45, 7) is 8.41. The molecule has 0 aliphatic heterocycles. The Morgan fingerprint density at radius 2 is 1.83 bits per heavy atom. The van der Waals surface area contributed by atoms with E-state index in [9.17, 15) is 4.79 Å². The maximum atomic E-state index is 10.6. The molecule has 0 fully saturated rings. The highest BCUT2D eigenvalue weighted by Gasteiger charge is 2.23. The smallest absolute Gasteiger partial charge is 0.404 e. The van der Waals surface area contributed by atoms with Crippen LogP contribution >= 0.6 is 0 Å². The van der Waals surface area contributed by atoms with E-state index in [0.29, 0.717) is 6.54 Å². The minimum absolute atomic E-state index is 0.250. The fourth-order valence-electron chi connectivity index (χ4n) is 2.06. The molecule has 4 heteroatoms. The molecule has 0 saturated carbocycles. The van der Waals surface area contributed by atoms with Crippen LogP contribution in [0.1, 0.15) is 30.5 Å². The first-order valence-electron chi connectivity index (χ1n) is 5.90. The van der Waals surface area contributed by atoms with Crippen LogP contribution in [-0.2, 0) is 5.41 Å². The zero-order chi connectivity index (χ0) is 13.9. The molecule has 0 unspecified atom stereocenters. The van der Waals surface area contributed by atoms with Crippen LogP contribution in [0.5, 0.6) is 5.75 Å². The summed E-state index contributed by atoms with van der Waals surface area (Å²) in [6.07, 6.45) is -0.995. The zero-order valence-corrected chi connectivity index (χ0v) is 11.6. The van der Waals surface area contributed by atoms with Gasteiger partial charge in [0.05, 0.1) is 7.11 Å². The molecule has 1 aromatic carbocycles. The van der Waals surface area contributed by atoms with Gasteiger partial charge in [0.25, 0.3) is 0 Å². The molecule has 1 amide bonds. The van der Waals surface area contributed by atoms with Gasteiger partial charge in [0.1, 0.15) is 5.75 Å². The molecule has 100 valence electrons. The molecule has 0 radical (unpaired) electrons. The van der Waals surface area contributed by atoms with Crippen LogP contribution in [0.4, 0.5) is 4.79 Å². The third-order valence-electron chi connectivity index (χ3n) is 3.13. The summed E-state index contributed by atoms with van der Waals surface area (Å²) in [7, 11) is 1.66. The maximum Gasteiger partial charge on any atom is 0.404 e. The lowest BCUT2D eigenvalue weighted by molar-refractivity contribution is 0.192. The Kier molecular flexibility index (Phi) is 4.22. The van der Waals surface area contributed by atoms with Crippen molar-refractivity contribution in [1.82, 2.24) is 5.32 Å². The monoisotopic (exact) mass is 251 g/mol. The number of hydrogen-bond acceptors (Lipinski definition) is 2. The van der Waals surface area contributed by atoms with Crippen molar-refractivity contribution in [2.45, 2.75) is 33.1 Å². The highest BCUT2D eigenvalue weighted by atomic mass is 16.5. The molecule has 0 saturated heterocycles. The van der Waals surface area contributed by atoms with E-state index in [4.69, 9.17) is 9.84 Å². The summed E-state index contributed by atoms with van der Waals surface area (Å²) in [5.74, 6) is 0.890. The van der Waals surface area contributed by atoms with Crippen LogP contribution in [0.3, 0.4) is 0 Å². The largest absolute Gasteiger partial charge is 0.496 e. The van der Waals surface area contributed by atoms with Gasteiger partial charge in [-0.2, -0.15) is 0 Å². The maximum absolute atomic E-state index is 10.6. The second-order valence-corrected chi connectivity index (χ2v) is 5.19. The number of nitrogens with one attached hydrogen (secondary N) is 1. The first-order valence-corrected chi connectivity index (χ1v) is 5.90. The molecule has 0 heterocycles. The van der Waals surface area contributed by atoms with Crippen molar-refractivity contribution in [3.8, 4) is 5.75 Å². The molecule has 0 bridgehead atoms. The lowest BCUT2D eigenvalue weighted by Crippen LogP contribution is -2.35. The van der Waals surface area contributed by atoms with Crippen molar-refractivity contribution in [1.29, 1.82) is 0 Å². The van der Waals surface area contributed by atoms with Gasteiger partial charge in [0.15, 0.2) is 0 Å². The topological polar surface area (TPSA) is 58.6 Å². The molecule has 0 aliphatic carbocycles. The van der Waals surface area contributed by atoms with E-state index in [1.807, 2.05) is 27.7 Å². The second-order valence-electron chi connectivity index (χ2n) is 5.19. The number of hydrogen-bond donors (Lipinski definition) is 2. The summed E-state index contributed by atoms with van der Waals surface area (Å²) >= 11 is 0. The van der Waals surface area contributed by atoms with Crippen molar-refractivity contribution < 1.29 is 14.6 Å². The summed E-state index contributed by atoms with van der Waals surface area (Å²) in [5.41, 5.74) is 2.99. The van der Waals surface area contributed by atoms with Crippen LogP contribution < -0.4 is 10.1 Å². The molecular formula is C14H21NO3. The lowest BCUT2D eigenvalue weighted by atomic mass is 9.83. The molecule has 0 atom stereocenters. The van der Waals surface area contributed by atoms with Crippen molar-refractivity contribution in [2.75, 3.05) is 13.7 Å². The molecule has 0 aliphatic rings. The van der Waals surface area contributed by atoms with Gasteiger partial charge >= 0.3 is 6.09 Å². The molecule has 0 spiro atoms. The number of carboxylic acid groups (broad SMARTS) is 1. The van der Waals surface area contributed by atoms with Gasteiger partial charge in [-0.15, -0.1) is 0 Å². The van der Waals surface area contributed by atoms with Crippen LogP contribution in [0, 0.1) is 13.8 Å². The average molecular weight is 251 g/mol. The Hall–Kier alpha value is -1.71. The molecule has 18 heavy (non-hydrogen) atoms. The van der Waals surface area contributed by atoms with E-state index in [0.717, 1.165) is 22.4 Å². The van der Waals surface area contributed by atoms with Gasteiger partial charge in [0.2, 0.25) is 0 Å². The number of methoxy groups -OCH3 is 1. The fourth-order valence-corrected chi connectivity index (χ4v) is 2.06. The molecule has 1 aromatic rings. The Balaban J connectivity index is 3.05. The summed E-state index contributed by atoms with van der Waals surface area (Å²) in [5, 5.41) is 11.1. The third-order valence-corrected chi connectivity index (χ3v) is 3.13. The van der Waals surface area contributed by atoms with Crippen molar-refractivity contribution in [3.05, 3.63) is 28.8 Å². The number of rotatable bonds is 4. The van der Waals surface area contributed by atoms with Gasteiger partial charge in [-0.25, -0.2) is 4.79 Å². The zero-order valence-electron chi connectivity index (χ0n) is 11.6. The van der Waals surface area contributed by atoms with E-state index in [1.54, 1.807) is 7.11 Å². The van der Waals surface area contributed by atoms with Crippen molar-refractivity contribution >= 4 is 6.09 Å². The minimum Gasteiger partial charge on any atom is -0.496 e. The second kappa shape index (κ2) is 5.29. The van der Waals surface area contributed by atoms with Gasteiger partial charge in [-0.1, -0.05) is 26.0 Å². The average Bonchev–Trinajstić information content (AvgIpc) is 2.26. The first-order chi connectivity index (χ1) is 8.27. The van der Waals surface area contributed by atoms with E-state index < -0.39 is 6.09 Å². The summed E-state index contributed by atoms with van der Waals surface area (Å²) in [6, 6.07) is 4.10. The SMILES string of the molecule is COc1c(C)cc(C(C)(C)CNC(=O)O)cc1C. The Labute approximate surface area is 108 Å². The molecular weight excluding hydrogens is 230 g/mol. The van der Waals surface area contributed by atoms with Crippen molar-refractivity contribution in [3.63, 3.8) is 0 Å². The number of ether oxygens (including phenoxy) is 1. The highest BCUT2D eigenvalue weighted by Crippen LogP contribution is 2.30. The van der Waals surface area contributed by atoms with Gasteiger partial charge in [0, 0.05) is 12.0 Å². The number of aryl methyl sites for hydroxylation is 2. The normalized spacial score (nSPS) is 11.2. The summed E-state index contributed by atoms with van der Waals surface area (Å²) in [4.78, 5) is 10.6. The van der Waals surface area contributed by atoms with Gasteiger partial charge in [-0.05, 0) is 30.5 Å². The van der Waals surface area contributed by atoms with Crippen LogP contribution in [0.2, 0.25) is 0 Å². The molecule has 0 aromatic heterocycles.